The van der Waals surface area contributed by atoms with Gasteiger partial charge in [0.05, 0.1) is 6.61 Å². The van der Waals surface area contributed by atoms with E-state index >= 15 is 0 Å². The molecule has 1 N–H and O–H groups in total. The molecule has 1 heterocycles. The Hall–Kier alpha value is -0.0800. The zero-order valence-electron chi connectivity index (χ0n) is 11.1. The molecule has 0 aromatic rings. The van der Waals surface area contributed by atoms with Gasteiger partial charge in [-0.05, 0) is 42.9 Å². The van der Waals surface area contributed by atoms with Gasteiger partial charge in [-0.15, -0.1) is 0 Å². The van der Waals surface area contributed by atoms with Crippen molar-refractivity contribution in [3.05, 3.63) is 0 Å². The Balaban J connectivity index is 1.78. The molecule has 0 aromatic heterocycles. The first-order valence-electron chi connectivity index (χ1n) is 6.99. The molecular formula is C14H27NO. The van der Waals surface area contributed by atoms with E-state index in [1.165, 1.54) is 32.2 Å². The molecule has 2 atom stereocenters. The van der Waals surface area contributed by atoms with Crippen molar-refractivity contribution in [2.45, 2.75) is 52.5 Å². The third-order valence-corrected chi connectivity index (χ3v) is 4.81. The van der Waals surface area contributed by atoms with Crippen LogP contribution in [-0.4, -0.2) is 25.8 Å². The average molecular weight is 225 g/mol. The molecule has 0 spiro atoms. The predicted octanol–water partition coefficient (Wildman–Crippen LogP) is 2.83. The smallest absolute Gasteiger partial charge is 0.0509 e. The summed E-state index contributed by atoms with van der Waals surface area (Å²) in [5.74, 6) is 1.59. The van der Waals surface area contributed by atoms with Crippen LogP contribution >= 0.6 is 0 Å². The van der Waals surface area contributed by atoms with Crippen LogP contribution < -0.4 is 5.32 Å². The maximum absolute atomic E-state index is 5.49. The quantitative estimate of drug-likeness (QED) is 0.750. The molecule has 2 nitrogen and oxygen atoms in total. The second-order valence-electron chi connectivity index (χ2n) is 6.04. The molecule has 16 heavy (non-hydrogen) atoms. The number of hydrogen-bond donors (Lipinski definition) is 1. The highest BCUT2D eigenvalue weighted by molar-refractivity contribution is 4.98. The molecule has 0 aromatic carbocycles. The second-order valence-corrected chi connectivity index (χ2v) is 6.04. The van der Waals surface area contributed by atoms with Gasteiger partial charge in [0.2, 0.25) is 0 Å². The highest BCUT2D eigenvalue weighted by Crippen LogP contribution is 2.51. The molecule has 2 aliphatic rings. The maximum Gasteiger partial charge on any atom is 0.0509 e. The summed E-state index contributed by atoms with van der Waals surface area (Å²) < 4.78 is 5.49. The summed E-state index contributed by atoms with van der Waals surface area (Å²) in [6, 6.07) is 0.679. The van der Waals surface area contributed by atoms with Gasteiger partial charge >= 0.3 is 0 Å². The van der Waals surface area contributed by atoms with Crippen LogP contribution in [-0.2, 0) is 4.74 Å². The zero-order chi connectivity index (χ0) is 11.6. The number of hydrogen-bond acceptors (Lipinski definition) is 2. The first-order valence-corrected chi connectivity index (χ1v) is 6.99. The van der Waals surface area contributed by atoms with Crippen molar-refractivity contribution in [2.75, 3.05) is 19.8 Å². The van der Waals surface area contributed by atoms with Gasteiger partial charge in [0, 0.05) is 19.2 Å². The summed E-state index contributed by atoms with van der Waals surface area (Å²) in [5.41, 5.74) is 0.632. The minimum Gasteiger partial charge on any atom is -0.381 e. The minimum atomic E-state index is 0.632. The molecule has 2 fully saturated rings. The molecule has 2 heteroatoms. The molecule has 0 radical (unpaired) electrons. The van der Waals surface area contributed by atoms with Gasteiger partial charge in [0.25, 0.3) is 0 Å². The van der Waals surface area contributed by atoms with Gasteiger partial charge in [-0.2, -0.15) is 0 Å². The highest BCUT2D eigenvalue weighted by atomic mass is 16.5. The minimum absolute atomic E-state index is 0.632. The van der Waals surface area contributed by atoms with Crippen LogP contribution in [0.4, 0.5) is 0 Å². The molecule has 1 aliphatic heterocycles. The standard InChI is InChI=1S/C14H27NO/c1-4-13(12-5-8-16-9-12)15-10-14(6-7-14)11(2)3/h11-13,15H,4-10H2,1-3H3. The second kappa shape index (κ2) is 5.05. The van der Waals surface area contributed by atoms with Crippen LogP contribution in [0.5, 0.6) is 0 Å². The predicted molar refractivity (Wildman–Crippen MR) is 67.5 cm³/mol. The first-order chi connectivity index (χ1) is 7.68. The van der Waals surface area contributed by atoms with E-state index in [1.54, 1.807) is 0 Å². The Kier molecular flexibility index (Phi) is 3.91. The van der Waals surface area contributed by atoms with Crippen molar-refractivity contribution >= 4 is 0 Å². The highest BCUT2D eigenvalue weighted by Gasteiger charge is 2.45. The lowest BCUT2D eigenvalue weighted by molar-refractivity contribution is 0.173. The SMILES string of the molecule is CCC(NCC1(C(C)C)CC1)C1CCOC1. The van der Waals surface area contributed by atoms with Gasteiger partial charge in [0.15, 0.2) is 0 Å². The van der Waals surface area contributed by atoms with Crippen LogP contribution in [0.3, 0.4) is 0 Å². The molecule has 94 valence electrons. The molecule has 0 amide bonds. The van der Waals surface area contributed by atoms with E-state index in [0.29, 0.717) is 11.5 Å². The third kappa shape index (κ3) is 2.60. The van der Waals surface area contributed by atoms with Gasteiger partial charge in [-0.3, -0.25) is 0 Å². The monoisotopic (exact) mass is 225 g/mol. The fourth-order valence-corrected chi connectivity index (χ4v) is 2.97. The van der Waals surface area contributed by atoms with E-state index in [0.717, 1.165) is 25.0 Å². The number of rotatable bonds is 6. The Morgan fingerprint density at radius 3 is 2.56 bits per heavy atom. The maximum atomic E-state index is 5.49. The van der Waals surface area contributed by atoms with E-state index in [1.807, 2.05) is 0 Å². The molecule has 1 saturated carbocycles. The number of nitrogens with one attached hydrogen (secondary N) is 1. The van der Waals surface area contributed by atoms with Crippen molar-refractivity contribution in [3.63, 3.8) is 0 Å². The van der Waals surface area contributed by atoms with Crippen LogP contribution in [0, 0.1) is 17.3 Å². The van der Waals surface area contributed by atoms with Gasteiger partial charge < -0.3 is 10.1 Å². The summed E-state index contributed by atoms with van der Waals surface area (Å²) >= 11 is 0. The summed E-state index contributed by atoms with van der Waals surface area (Å²) in [6.45, 7) is 10.2. The molecule has 2 rings (SSSR count). The fourth-order valence-electron chi connectivity index (χ4n) is 2.97. The summed E-state index contributed by atoms with van der Waals surface area (Å²) in [6.07, 6.45) is 5.34. The Morgan fingerprint density at radius 1 is 1.38 bits per heavy atom. The Labute approximate surface area is 100 Å². The fraction of sp³-hybridized carbons (Fsp3) is 1.00. The lowest BCUT2D eigenvalue weighted by Gasteiger charge is -2.27. The molecule has 0 bridgehead atoms. The van der Waals surface area contributed by atoms with Crippen molar-refractivity contribution in [3.8, 4) is 0 Å². The molecular weight excluding hydrogens is 198 g/mol. The van der Waals surface area contributed by atoms with Crippen LogP contribution in [0.15, 0.2) is 0 Å². The summed E-state index contributed by atoms with van der Waals surface area (Å²) in [4.78, 5) is 0. The first kappa shape index (κ1) is 12.4. The Morgan fingerprint density at radius 2 is 2.12 bits per heavy atom. The van der Waals surface area contributed by atoms with E-state index in [-0.39, 0.29) is 0 Å². The van der Waals surface area contributed by atoms with E-state index in [2.05, 4.69) is 26.1 Å². The Bertz CT molecular complexity index is 217. The van der Waals surface area contributed by atoms with Crippen LogP contribution in [0.2, 0.25) is 0 Å². The van der Waals surface area contributed by atoms with Crippen LogP contribution in [0.25, 0.3) is 0 Å². The molecule has 2 unspecified atom stereocenters. The number of ether oxygens (including phenoxy) is 1. The van der Waals surface area contributed by atoms with Crippen LogP contribution in [0.1, 0.15) is 46.5 Å². The summed E-state index contributed by atoms with van der Waals surface area (Å²) in [7, 11) is 0. The van der Waals surface area contributed by atoms with Crippen molar-refractivity contribution in [1.82, 2.24) is 5.32 Å². The van der Waals surface area contributed by atoms with E-state index in [9.17, 15) is 0 Å². The lowest BCUT2D eigenvalue weighted by Crippen LogP contribution is -2.40. The largest absolute Gasteiger partial charge is 0.381 e. The normalized spacial score (nSPS) is 29.6. The van der Waals surface area contributed by atoms with E-state index in [4.69, 9.17) is 4.74 Å². The van der Waals surface area contributed by atoms with Gasteiger partial charge in [-0.1, -0.05) is 20.8 Å². The average Bonchev–Trinajstić information content (AvgIpc) is 2.87. The lowest BCUT2D eigenvalue weighted by atomic mass is 9.90. The molecule has 1 aliphatic carbocycles. The van der Waals surface area contributed by atoms with Crippen molar-refractivity contribution in [2.24, 2.45) is 17.3 Å². The van der Waals surface area contributed by atoms with Crippen molar-refractivity contribution in [1.29, 1.82) is 0 Å². The topological polar surface area (TPSA) is 21.3 Å². The molecule has 1 saturated heterocycles. The van der Waals surface area contributed by atoms with E-state index < -0.39 is 0 Å². The third-order valence-electron chi connectivity index (χ3n) is 4.81. The van der Waals surface area contributed by atoms with Gasteiger partial charge in [0.1, 0.15) is 0 Å². The van der Waals surface area contributed by atoms with Crippen molar-refractivity contribution < 1.29 is 4.74 Å². The summed E-state index contributed by atoms with van der Waals surface area (Å²) in [5, 5.41) is 3.82. The van der Waals surface area contributed by atoms with Gasteiger partial charge in [-0.25, -0.2) is 0 Å². The zero-order valence-corrected chi connectivity index (χ0v) is 11.1.